The molecule has 2 aromatic rings. The number of carbonyl (C=O) groups excluding carboxylic acids is 2. The maximum atomic E-state index is 11.3. The molecule has 0 bridgehead atoms. The number of benzene rings is 2. The molecule has 0 aromatic heterocycles. The van der Waals surface area contributed by atoms with Crippen LogP contribution in [0.25, 0.3) is 0 Å². The van der Waals surface area contributed by atoms with Crippen LogP contribution in [0.2, 0.25) is 0 Å². The number of aliphatic hydroxyl groups is 1. The Balaban J connectivity index is 2.00. The number of alkyl halides is 1. The smallest absolute Gasteiger partial charge is 0.303 e. The molecule has 2 rings (SSSR count). The number of aliphatic hydroxyl groups excluding tert-OH is 1. The largest absolute Gasteiger partial charge is 0.491 e. The minimum atomic E-state index is -0.700. The molecule has 0 aliphatic heterocycles. The van der Waals surface area contributed by atoms with Gasteiger partial charge in [-0.15, -0.1) is 11.6 Å². The molecule has 1 N–H and O–H groups in total. The molecule has 180 valence electrons. The van der Waals surface area contributed by atoms with Gasteiger partial charge in [0, 0.05) is 19.3 Å². The summed E-state index contributed by atoms with van der Waals surface area (Å²) in [5.41, 5.74) is 1.90. The third kappa shape index (κ3) is 8.59. The van der Waals surface area contributed by atoms with Crippen molar-refractivity contribution in [2.24, 2.45) is 0 Å². The molecule has 0 fully saturated rings. The van der Waals surface area contributed by atoms with Gasteiger partial charge in [0.05, 0.1) is 5.88 Å². The lowest BCUT2D eigenvalue weighted by atomic mass is 9.78. The molecule has 8 heteroatoms. The number of halogens is 1. The van der Waals surface area contributed by atoms with Gasteiger partial charge in [-0.2, -0.15) is 0 Å². The fourth-order valence-corrected chi connectivity index (χ4v) is 3.18. The topological polar surface area (TPSA) is 91.3 Å². The van der Waals surface area contributed by atoms with Gasteiger partial charge >= 0.3 is 11.9 Å². The summed E-state index contributed by atoms with van der Waals surface area (Å²) in [5.74, 6) is 0.474. The van der Waals surface area contributed by atoms with Gasteiger partial charge in [0.1, 0.15) is 37.4 Å². The van der Waals surface area contributed by atoms with Crippen molar-refractivity contribution in [1.82, 2.24) is 0 Å². The number of esters is 2. The van der Waals surface area contributed by atoms with Gasteiger partial charge < -0.3 is 24.1 Å². The molecule has 0 aliphatic carbocycles. The van der Waals surface area contributed by atoms with Crippen LogP contribution in [0, 0.1) is 0 Å². The van der Waals surface area contributed by atoms with E-state index in [9.17, 15) is 14.7 Å². The molecule has 0 heterocycles. The fourth-order valence-electron chi connectivity index (χ4n) is 3.09. The van der Waals surface area contributed by atoms with Gasteiger partial charge in [-0.1, -0.05) is 38.1 Å². The van der Waals surface area contributed by atoms with Crippen LogP contribution >= 0.6 is 11.6 Å². The first kappa shape index (κ1) is 26.5. The van der Waals surface area contributed by atoms with Crippen molar-refractivity contribution in [1.29, 1.82) is 0 Å². The molecule has 2 atom stereocenters. The Bertz CT molecular complexity index is 894. The summed E-state index contributed by atoms with van der Waals surface area (Å²) in [7, 11) is 0. The number of rotatable bonds is 12. The van der Waals surface area contributed by atoms with E-state index in [1.165, 1.54) is 13.8 Å². The highest BCUT2D eigenvalue weighted by Crippen LogP contribution is 2.33. The second-order valence-electron chi connectivity index (χ2n) is 8.14. The van der Waals surface area contributed by atoms with E-state index >= 15 is 0 Å². The third-order valence-electron chi connectivity index (χ3n) is 5.01. The average Bonchev–Trinajstić information content (AvgIpc) is 2.79. The summed E-state index contributed by atoms with van der Waals surface area (Å²) < 4.78 is 21.3. The van der Waals surface area contributed by atoms with Crippen molar-refractivity contribution in [3.8, 4) is 11.5 Å². The molecule has 0 radical (unpaired) electrons. The first-order valence-corrected chi connectivity index (χ1v) is 11.2. The summed E-state index contributed by atoms with van der Waals surface area (Å²) in [4.78, 5) is 22.3. The molecule has 0 saturated heterocycles. The van der Waals surface area contributed by atoms with E-state index in [1.54, 1.807) is 0 Å². The Kier molecular flexibility index (Phi) is 10.0. The highest BCUT2D eigenvalue weighted by molar-refractivity contribution is 6.18. The molecule has 33 heavy (non-hydrogen) atoms. The Morgan fingerprint density at radius 1 is 0.848 bits per heavy atom. The Morgan fingerprint density at radius 3 is 1.76 bits per heavy atom. The van der Waals surface area contributed by atoms with Crippen LogP contribution in [0.5, 0.6) is 11.5 Å². The first-order chi connectivity index (χ1) is 15.6. The second kappa shape index (κ2) is 12.5. The number of ether oxygens (including phenoxy) is 4. The number of hydrogen-bond acceptors (Lipinski definition) is 7. The maximum Gasteiger partial charge on any atom is 0.303 e. The number of carbonyl (C=O) groups is 2. The van der Waals surface area contributed by atoms with E-state index in [1.807, 2.05) is 48.5 Å². The molecule has 0 spiro atoms. The third-order valence-corrected chi connectivity index (χ3v) is 5.37. The monoisotopic (exact) mass is 478 g/mol. The van der Waals surface area contributed by atoms with Crippen molar-refractivity contribution < 1.29 is 33.6 Å². The van der Waals surface area contributed by atoms with E-state index in [0.717, 1.165) is 11.1 Å². The van der Waals surface area contributed by atoms with Crippen LogP contribution in [0.1, 0.15) is 38.8 Å². The van der Waals surface area contributed by atoms with Gasteiger partial charge in [0.15, 0.2) is 6.10 Å². The van der Waals surface area contributed by atoms with Crippen molar-refractivity contribution in [2.45, 2.75) is 45.3 Å². The van der Waals surface area contributed by atoms with E-state index in [-0.39, 0.29) is 31.1 Å². The minimum absolute atomic E-state index is 0.0649. The molecular formula is C25H31ClO7. The molecule has 0 saturated carbocycles. The predicted octanol–water partition coefficient (Wildman–Crippen LogP) is 3.86. The predicted molar refractivity (Wildman–Crippen MR) is 125 cm³/mol. The van der Waals surface area contributed by atoms with Crippen molar-refractivity contribution in [3.05, 3.63) is 59.7 Å². The van der Waals surface area contributed by atoms with Gasteiger partial charge in [-0.3, -0.25) is 9.59 Å². The van der Waals surface area contributed by atoms with Gasteiger partial charge in [0.2, 0.25) is 0 Å². The Labute approximate surface area is 199 Å². The van der Waals surface area contributed by atoms with Gasteiger partial charge in [-0.05, 0) is 35.4 Å². The lowest BCUT2D eigenvalue weighted by Crippen LogP contribution is -2.29. The fraction of sp³-hybridized carbons (Fsp3) is 0.440. The van der Waals surface area contributed by atoms with Crippen LogP contribution in [-0.4, -0.2) is 55.0 Å². The second-order valence-corrected chi connectivity index (χ2v) is 8.45. The van der Waals surface area contributed by atoms with Gasteiger partial charge in [0.25, 0.3) is 0 Å². The van der Waals surface area contributed by atoms with E-state index in [0.29, 0.717) is 11.5 Å². The molecular weight excluding hydrogens is 448 g/mol. The molecule has 7 nitrogen and oxygen atoms in total. The average molecular weight is 479 g/mol. The quantitative estimate of drug-likeness (QED) is 0.366. The Hall–Kier alpha value is -2.77. The molecule has 2 aromatic carbocycles. The van der Waals surface area contributed by atoms with E-state index < -0.39 is 24.1 Å². The van der Waals surface area contributed by atoms with E-state index in [2.05, 4.69) is 13.8 Å². The summed E-state index contributed by atoms with van der Waals surface area (Å²) in [6.07, 6.45) is -1.39. The molecule has 0 amide bonds. The van der Waals surface area contributed by atoms with Crippen LogP contribution in [0.3, 0.4) is 0 Å². The Morgan fingerprint density at radius 2 is 1.33 bits per heavy atom. The van der Waals surface area contributed by atoms with Crippen molar-refractivity contribution in [3.63, 3.8) is 0 Å². The maximum absolute atomic E-state index is 11.3. The highest BCUT2D eigenvalue weighted by atomic mass is 35.5. The zero-order valence-corrected chi connectivity index (χ0v) is 20.1. The van der Waals surface area contributed by atoms with Crippen molar-refractivity contribution >= 4 is 23.5 Å². The van der Waals surface area contributed by atoms with Crippen molar-refractivity contribution in [2.75, 3.05) is 25.7 Å². The van der Waals surface area contributed by atoms with E-state index in [4.69, 9.17) is 30.5 Å². The summed E-state index contributed by atoms with van der Waals surface area (Å²) in [6, 6.07) is 15.4. The first-order valence-electron chi connectivity index (χ1n) is 10.6. The molecule has 0 unspecified atom stereocenters. The normalized spacial score (nSPS) is 13.0. The van der Waals surface area contributed by atoms with Crippen LogP contribution in [0.15, 0.2) is 48.5 Å². The van der Waals surface area contributed by atoms with Crippen LogP contribution in [-0.2, 0) is 24.5 Å². The zero-order valence-electron chi connectivity index (χ0n) is 19.4. The lowest BCUT2D eigenvalue weighted by Gasteiger charge is -2.26. The number of hydrogen-bond donors (Lipinski definition) is 1. The van der Waals surface area contributed by atoms with Crippen LogP contribution in [0.4, 0.5) is 0 Å². The van der Waals surface area contributed by atoms with Crippen LogP contribution < -0.4 is 9.47 Å². The van der Waals surface area contributed by atoms with Gasteiger partial charge in [-0.25, -0.2) is 0 Å². The summed E-state index contributed by atoms with van der Waals surface area (Å²) in [5, 5.41) is 9.52. The lowest BCUT2D eigenvalue weighted by molar-refractivity contribution is -0.158. The highest BCUT2D eigenvalue weighted by Gasteiger charge is 2.23. The zero-order chi connectivity index (χ0) is 24.4. The SMILES string of the molecule is CC(=O)OC[C@@H](COc1ccc(C(C)(C)c2ccc(OC[C@@H](O)CCl)cc2)cc1)OC(C)=O. The standard InChI is InChI=1S/C25H31ClO7/c1-17(27)30-15-24(33-18(2)28)16-32-23-11-7-20(8-12-23)25(3,4)19-5-9-22(10-6-19)31-14-21(29)13-26/h5-12,21,24,29H,13-16H2,1-4H3/t21-,24-/m0/s1. The molecule has 0 aliphatic rings. The minimum Gasteiger partial charge on any atom is -0.491 e. The summed E-state index contributed by atoms with van der Waals surface area (Å²) >= 11 is 5.59. The summed E-state index contributed by atoms with van der Waals surface area (Å²) in [6.45, 7) is 6.96.